The number of hydrogen-bond donors (Lipinski definition) is 2. The zero-order valence-corrected chi connectivity index (χ0v) is 14.8. The second-order valence-corrected chi connectivity index (χ2v) is 6.78. The van der Waals surface area contributed by atoms with Gasteiger partial charge in [-0.05, 0) is 26.7 Å². The Morgan fingerprint density at radius 3 is 2.54 bits per heavy atom. The Kier molecular flexibility index (Phi) is 6.06. The molecule has 2 fully saturated rings. The van der Waals surface area contributed by atoms with Gasteiger partial charge in [0.15, 0.2) is 5.60 Å². The van der Waals surface area contributed by atoms with Crippen LogP contribution in [0.1, 0.15) is 26.7 Å². The zero-order valence-electron chi connectivity index (χ0n) is 14.8. The third kappa shape index (κ3) is 4.37. The van der Waals surface area contributed by atoms with E-state index < -0.39 is 11.2 Å². The van der Waals surface area contributed by atoms with E-state index >= 15 is 0 Å². The maximum Gasteiger partial charge on any atom is 0.409 e. The Morgan fingerprint density at radius 1 is 1.29 bits per heavy atom. The molecule has 2 amide bonds. The summed E-state index contributed by atoms with van der Waals surface area (Å²) in [7, 11) is 1.59. The fourth-order valence-corrected chi connectivity index (χ4v) is 3.38. The van der Waals surface area contributed by atoms with Crippen molar-refractivity contribution in [2.24, 2.45) is 0 Å². The highest BCUT2D eigenvalue weighted by Gasteiger charge is 2.42. The summed E-state index contributed by atoms with van der Waals surface area (Å²) in [5, 5.41) is 13.5. The molecule has 8 heteroatoms. The summed E-state index contributed by atoms with van der Waals surface area (Å²) in [4.78, 5) is 27.4. The number of rotatable bonds is 4. The largest absolute Gasteiger partial charge is 0.450 e. The van der Waals surface area contributed by atoms with Gasteiger partial charge in [0, 0.05) is 39.8 Å². The molecule has 2 N–H and O–H groups in total. The molecule has 2 rings (SSSR count). The number of carbonyl (C=O) groups is 2. The van der Waals surface area contributed by atoms with E-state index in [4.69, 9.17) is 9.47 Å². The van der Waals surface area contributed by atoms with Gasteiger partial charge in [0.05, 0.1) is 18.8 Å². The van der Waals surface area contributed by atoms with E-state index in [0.29, 0.717) is 58.8 Å². The molecule has 0 saturated carbocycles. The molecule has 8 nitrogen and oxygen atoms in total. The Morgan fingerprint density at radius 2 is 1.96 bits per heavy atom. The number of likely N-dealkylation sites (N-methyl/N-ethyl adjacent to an activating group) is 1. The van der Waals surface area contributed by atoms with E-state index in [9.17, 15) is 14.7 Å². The van der Waals surface area contributed by atoms with Crippen molar-refractivity contribution in [1.82, 2.24) is 15.1 Å². The van der Waals surface area contributed by atoms with Crippen LogP contribution in [0.2, 0.25) is 0 Å². The Labute approximate surface area is 143 Å². The summed E-state index contributed by atoms with van der Waals surface area (Å²) in [6, 6.07) is 0. The summed E-state index contributed by atoms with van der Waals surface area (Å²) < 4.78 is 10.6. The highest BCUT2D eigenvalue weighted by Crippen LogP contribution is 2.26. The number of nitrogens with one attached hydrogen (secondary N) is 1. The monoisotopic (exact) mass is 343 g/mol. The molecule has 0 unspecified atom stereocenters. The molecular weight excluding hydrogens is 314 g/mol. The van der Waals surface area contributed by atoms with Gasteiger partial charge < -0.3 is 24.8 Å². The van der Waals surface area contributed by atoms with Gasteiger partial charge in [0.1, 0.15) is 0 Å². The zero-order chi connectivity index (χ0) is 17.8. The fraction of sp³-hybridized carbons (Fsp3) is 0.875. The van der Waals surface area contributed by atoms with E-state index in [1.54, 1.807) is 25.8 Å². The number of carbonyl (C=O) groups excluding carboxylic acids is 2. The highest BCUT2D eigenvalue weighted by atomic mass is 16.6. The molecule has 0 radical (unpaired) electrons. The van der Waals surface area contributed by atoms with Gasteiger partial charge in [-0.25, -0.2) is 4.79 Å². The molecule has 0 aromatic carbocycles. The number of amides is 2. The van der Waals surface area contributed by atoms with Crippen LogP contribution >= 0.6 is 0 Å². The van der Waals surface area contributed by atoms with Crippen LogP contribution in [0.4, 0.5) is 4.79 Å². The van der Waals surface area contributed by atoms with Crippen LogP contribution in [0.15, 0.2) is 0 Å². The number of β-amino-alcohol motifs (C(OH)–C–C–N with tert-alkyl or cyclic N) is 1. The predicted octanol–water partition coefficient (Wildman–Crippen LogP) is -0.193. The first-order chi connectivity index (χ1) is 11.3. The topological polar surface area (TPSA) is 91.3 Å². The number of likely N-dealkylation sites (tertiary alicyclic amines) is 1. The summed E-state index contributed by atoms with van der Waals surface area (Å²) in [6.07, 6.45) is 0.679. The maximum atomic E-state index is 12.0. The molecule has 2 saturated heterocycles. The van der Waals surface area contributed by atoms with Gasteiger partial charge in [-0.1, -0.05) is 0 Å². The van der Waals surface area contributed by atoms with Crippen molar-refractivity contribution in [2.45, 2.75) is 37.9 Å². The first-order valence-corrected chi connectivity index (χ1v) is 8.54. The van der Waals surface area contributed by atoms with Gasteiger partial charge >= 0.3 is 6.09 Å². The molecule has 2 heterocycles. The lowest BCUT2D eigenvalue weighted by molar-refractivity contribution is -0.160. The van der Waals surface area contributed by atoms with Crippen LogP contribution in [0.5, 0.6) is 0 Å². The molecule has 0 aliphatic carbocycles. The number of ether oxygens (including phenoxy) is 2. The summed E-state index contributed by atoms with van der Waals surface area (Å²) in [5.74, 6) is -0.156. The normalized spacial score (nSPS) is 27.6. The van der Waals surface area contributed by atoms with Crippen LogP contribution in [0.3, 0.4) is 0 Å². The van der Waals surface area contributed by atoms with Crippen LogP contribution in [-0.2, 0) is 14.3 Å². The molecular formula is C16H29N3O5. The van der Waals surface area contributed by atoms with Gasteiger partial charge in [0.2, 0.25) is 0 Å². The van der Waals surface area contributed by atoms with Crippen LogP contribution in [0, 0.1) is 0 Å². The minimum absolute atomic E-state index is 0.156. The van der Waals surface area contributed by atoms with Crippen molar-refractivity contribution in [3.63, 3.8) is 0 Å². The quantitative estimate of drug-likeness (QED) is 0.735. The summed E-state index contributed by atoms with van der Waals surface area (Å²) >= 11 is 0. The van der Waals surface area contributed by atoms with Gasteiger partial charge in [-0.15, -0.1) is 0 Å². The van der Waals surface area contributed by atoms with Crippen LogP contribution < -0.4 is 5.32 Å². The molecule has 2 aliphatic rings. The SMILES string of the molecule is CCOC(=O)N1CCC(O)(CN2CCO[C@@](C)(C(=O)NC)C2)CC1. The third-order valence-corrected chi connectivity index (χ3v) is 4.80. The van der Waals surface area contributed by atoms with E-state index in [1.807, 2.05) is 0 Å². The van der Waals surface area contributed by atoms with Gasteiger partial charge in [-0.3, -0.25) is 9.69 Å². The van der Waals surface area contributed by atoms with Crippen molar-refractivity contribution in [3.05, 3.63) is 0 Å². The Hall–Kier alpha value is -1.38. The van der Waals surface area contributed by atoms with Crippen molar-refractivity contribution >= 4 is 12.0 Å². The molecule has 0 bridgehead atoms. The first-order valence-electron chi connectivity index (χ1n) is 8.54. The van der Waals surface area contributed by atoms with E-state index in [-0.39, 0.29) is 12.0 Å². The van der Waals surface area contributed by atoms with Crippen molar-refractivity contribution < 1.29 is 24.2 Å². The highest BCUT2D eigenvalue weighted by molar-refractivity contribution is 5.84. The molecule has 138 valence electrons. The van der Waals surface area contributed by atoms with E-state index in [2.05, 4.69) is 10.2 Å². The minimum atomic E-state index is -0.894. The minimum Gasteiger partial charge on any atom is -0.450 e. The molecule has 1 atom stereocenters. The molecule has 0 aromatic rings. The molecule has 0 aromatic heterocycles. The predicted molar refractivity (Wildman–Crippen MR) is 87.6 cm³/mol. The Bertz CT molecular complexity index is 465. The number of hydrogen-bond acceptors (Lipinski definition) is 6. The second kappa shape index (κ2) is 7.67. The third-order valence-electron chi connectivity index (χ3n) is 4.80. The number of piperidine rings is 1. The maximum absolute atomic E-state index is 12.0. The van der Waals surface area contributed by atoms with Crippen LogP contribution in [-0.4, -0.2) is 91.1 Å². The average Bonchev–Trinajstić information content (AvgIpc) is 2.54. The Balaban J connectivity index is 1.89. The lowest BCUT2D eigenvalue weighted by Crippen LogP contribution is -2.61. The molecule has 24 heavy (non-hydrogen) atoms. The standard InChI is InChI=1S/C16H29N3O5/c1-4-23-14(21)19-7-5-16(22,6-8-19)12-18-9-10-24-15(2,11-18)13(20)17-3/h22H,4-12H2,1-3H3,(H,17,20)/t15-/m1/s1. The lowest BCUT2D eigenvalue weighted by atomic mass is 9.90. The van der Waals surface area contributed by atoms with Crippen molar-refractivity contribution in [2.75, 3.05) is 53.0 Å². The smallest absolute Gasteiger partial charge is 0.409 e. The average molecular weight is 343 g/mol. The van der Waals surface area contributed by atoms with Gasteiger partial charge in [-0.2, -0.15) is 0 Å². The molecule has 0 spiro atoms. The van der Waals surface area contributed by atoms with Gasteiger partial charge in [0.25, 0.3) is 5.91 Å². The summed E-state index contributed by atoms with van der Waals surface area (Å²) in [6.45, 7) is 6.90. The number of aliphatic hydroxyl groups is 1. The van der Waals surface area contributed by atoms with Crippen molar-refractivity contribution in [3.8, 4) is 0 Å². The second-order valence-electron chi connectivity index (χ2n) is 6.78. The van der Waals surface area contributed by atoms with Crippen LogP contribution in [0.25, 0.3) is 0 Å². The summed E-state index contributed by atoms with van der Waals surface area (Å²) in [5.41, 5.74) is -1.75. The fourth-order valence-electron chi connectivity index (χ4n) is 3.38. The number of morpholine rings is 1. The number of nitrogens with zero attached hydrogens (tertiary/aromatic N) is 2. The van der Waals surface area contributed by atoms with E-state index in [1.165, 1.54) is 0 Å². The lowest BCUT2D eigenvalue weighted by Gasteiger charge is -2.44. The first kappa shape index (κ1) is 19.0. The van der Waals surface area contributed by atoms with Crippen molar-refractivity contribution in [1.29, 1.82) is 0 Å². The molecule has 2 aliphatic heterocycles. The van der Waals surface area contributed by atoms with E-state index in [0.717, 1.165) is 0 Å².